The third kappa shape index (κ3) is 4.72. The summed E-state index contributed by atoms with van der Waals surface area (Å²) < 4.78 is 27.4. The van der Waals surface area contributed by atoms with E-state index < -0.39 is 10.0 Å². The molecule has 0 bridgehead atoms. The molecule has 0 spiro atoms. The normalized spacial score (nSPS) is 18.6. The lowest BCUT2D eigenvalue weighted by molar-refractivity contribution is 0.0650. The molecule has 0 unspecified atom stereocenters. The van der Waals surface area contributed by atoms with E-state index in [0.717, 1.165) is 19.3 Å². The number of hydrogen-bond donors (Lipinski definition) is 0. The number of likely N-dealkylation sites (tertiary alicyclic amines) is 1. The third-order valence-electron chi connectivity index (χ3n) is 6.25. The summed E-state index contributed by atoms with van der Waals surface area (Å²) in [5.41, 5.74) is 1.09. The van der Waals surface area contributed by atoms with E-state index in [1.807, 2.05) is 30.3 Å². The maximum atomic E-state index is 13.0. The Balaban J connectivity index is 1.42. The van der Waals surface area contributed by atoms with Crippen LogP contribution in [0.4, 0.5) is 0 Å². The number of amides is 1. The number of nitrogens with zero attached hydrogens (tertiary/aromatic N) is 2. The number of carbonyl (C=O) groups excluding carboxylic acids is 2. The van der Waals surface area contributed by atoms with Gasteiger partial charge in [0.2, 0.25) is 10.0 Å². The number of benzene rings is 2. The average Bonchev–Trinajstić information content (AvgIpc) is 2.84. The van der Waals surface area contributed by atoms with Crippen molar-refractivity contribution in [2.75, 3.05) is 26.2 Å². The van der Waals surface area contributed by atoms with Gasteiger partial charge in [0.1, 0.15) is 0 Å². The van der Waals surface area contributed by atoms with Gasteiger partial charge in [-0.25, -0.2) is 8.42 Å². The van der Waals surface area contributed by atoms with Gasteiger partial charge in [-0.15, -0.1) is 0 Å². The van der Waals surface area contributed by atoms with Crippen molar-refractivity contribution in [1.82, 2.24) is 9.21 Å². The monoisotopic (exact) mass is 440 g/mol. The van der Waals surface area contributed by atoms with E-state index in [0.29, 0.717) is 50.1 Å². The van der Waals surface area contributed by atoms with Crippen LogP contribution in [0.3, 0.4) is 0 Å². The first kappa shape index (κ1) is 21.7. The zero-order valence-corrected chi connectivity index (χ0v) is 18.4. The molecule has 2 aromatic carbocycles. The molecule has 2 aliphatic heterocycles. The molecule has 2 aromatic rings. The van der Waals surface area contributed by atoms with E-state index in [1.54, 1.807) is 23.1 Å². The Kier molecular flexibility index (Phi) is 6.53. The van der Waals surface area contributed by atoms with Crippen LogP contribution in [0.5, 0.6) is 0 Å². The maximum absolute atomic E-state index is 13.0. The predicted octanol–water partition coefficient (Wildman–Crippen LogP) is 3.60. The third-order valence-corrected chi connectivity index (χ3v) is 8.14. The van der Waals surface area contributed by atoms with Gasteiger partial charge < -0.3 is 4.90 Å². The van der Waals surface area contributed by atoms with Gasteiger partial charge in [-0.2, -0.15) is 4.31 Å². The zero-order chi connectivity index (χ0) is 21.8. The average molecular weight is 441 g/mol. The standard InChI is InChI=1S/C24H28N2O4S/c27-23(19-8-3-1-4-9-19)20-12-16-25(17-13-20)24(28)21-10-7-11-22(18-21)31(29,30)26-14-5-2-6-15-26/h1,3-4,7-11,18,20H,2,5-6,12-17H2. The highest BCUT2D eigenvalue weighted by molar-refractivity contribution is 7.89. The topological polar surface area (TPSA) is 74.8 Å². The summed E-state index contributed by atoms with van der Waals surface area (Å²) in [5.74, 6) is -0.138. The largest absolute Gasteiger partial charge is 0.339 e. The lowest BCUT2D eigenvalue weighted by Gasteiger charge is -2.31. The van der Waals surface area contributed by atoms with Gasteiger partial charge in [0.25, 0.3) is 5.91 Å². The van der Waals surface area contributed by atoms with Crippen molar-refractivity contribution in [2.24, 2.45) is 5.92 Å². The first-order valence-electron chi connectivity index (χ1n) is 11.0. The van der Waals surface area contributed by atoms with E-state index in [-0.39, 0.29) is 22.5 Å². The Bertz CT molecular complexity index is 1040. The highest BCUT2D eigenvalue weighted by Gasteiger charge is 2.30. The van der Waals surface area contributed by atoms with Crippen LogP contribution in [-0.2, 0) is 10.0 Å². The minimum absolute atomic E-state index is 0.0859. The Morgan fingerprint density at radius 3 is 2.10 bits per heavy atom. The molecule has 0 atom stereocenters. The van der Waals surface area contributed by atoms with Crippen LogP contribution >= 0.6 is 0 Å². The molecule has 4 rings (SSSR count). The molecule has 2 saturated heterocycles. The molecule has 0 saturated carbocycles. The lowest BCUT2D eigenvalue weighted by atomic mass is 9.88. The molecule has 7 heteroatoms. The summed E-state index contributed by atoms with van der Waals surface area (Å²) in [5, 5.41) is 0. The summed E-state index contributed by atoms with van der Waals surface area (Å²) in [6.45, 7) is 2.04. The molecule has 2 heterocycles. The number of piperidine rings is 2. The minimum Gasteiger partial charge on any atom is -0.339 e. The maximum Gasteiger partial charge on any atom is 0.253 e. The summed E-state index contributed by atoms with van der Waals surface area (Å²) in [7, 11) is -3.58. The molecule has 2 fully saturated rings. The van der Waals surface area contributed by atoms with Gasteiger partial charge in [0, 0.05) is 43.2 Å². The van der Waals surface area contributed by atoms with Crippen LogP contribution in [0.2, 0.25) is 0 Å². The SMILES string of the molecule is O=C(c1ccccc1)C1CCN(C(=O)c2cccc(S(=O)(=O)N3CCCCC3)c2)CC1. The molecular weight excluding hydrogens is 412 g/mol. The second kappa shape index (κ2) is 9.32. The Morgan fingerprint density at radius 1 is 0.774 bits per heavy atom. The smallest absolute Gasteiger partial charge is 0.253 e. The highest BCUT2D eigenvalue weighted by atomic mass is 32.2. The Labute approximate surface area is 183 Å². The molecule has 164 valence electrons. The summed E-state index contributed by atoms with van der Waals surface area (Å²) >= 11 is 0. The quantitative estimate of drug-likeness (QED) is 0.666. The van der Waals surface area contributed by atoms with Crippen molar-refractivity contribution in [2.45, 2.75) is 37.0 Å². The van der Waals surface area contributed by atoms with Crippen LogP contribution in [0, 0.1) is 5.92 Å². The Hall–Kier alpha value is -2.51. The zero-order valence-electron chi connectivity index (χ0n) is 17.6. The van der Waals surface area contributed by atoms with Crippen molar-refractivity contribution in [1.29, 1.82) is 0 Å². The van der Waals surface area contributed by atoms with Crippen LogP contribution in [0.25, 0.3) is 0 Å². The van der Waals surface area contributed by atoms with Gasteiger partial charge >= 0.3 is 0 Å². The minimum atomic E-state index is -3.58. The number of ketones is 1. The Morgan fingerprint density at radius 2 is 1.42 bits per heavy atom. The van der Waals surface area contributed by atoms with E-state index in [4.69, 9.17) is 0 Å². The van der Waals surface area contributed by atoms with Gasteiger partial charge in [-0.1, -0.05) is 42.8 Å². The second-order valence-corrected chi connectivity index (χ2v) is 10.2. The molecule has 2 aliphatic rings. The highest BCUT2D eigenvalue weighted by Crippen LogP contribution is 2.25. The van der Waals surface area contributed by atoms with Crippen LogP contribution in [0.15, 0.2) is 59.5 Å². The van der Waals surface area contributed by atoms with Crippen molar-refractivity contribution in [3.8, 4) is 0 Å². The lowest BCUT2D eigenvalue weighted by Crippen LogP contribution is -2.40. The number of sulfonamides is 1. The number of hydrogen-bond acceptors (Lipinski definition) is 4. The summed E-state index contributed by atoms with van der Waals surface area (Å²) in [4.78, 5) is 27.6. The van der Waals surface area contributed by atoms with E-state index >= 15 is 0 Å². The van der Waals surface area contributed by atoms with Crippen molar-refractivity contribution >= 4 is 21.7 Å². The van der Waals surface area contributed by atoms with E-state index in [9.17, 15) is 18.0 Å². The van der Waals surface area contributed by atoms with Crippen LogP contribution in [-0.4, -0.2) is 55.5 Å². The van der Waals surface area contributed by atoms with Crippen molar-refractivity contribution < 1.29 is 18.0 Å². The van der Waals surface area contributed by atoms with E-state index in [1.165, 1.54) is 10.4 Å². The fourth-order valence-electron chi connectivity index (χ4n) is 4.41. The van der Waals surface area contributed by atoms with Gasteiger partial charge in [0.15, 0.2) is 5.78 Å². The first-order valence-corrected chi connectivity index (χ1v) is 12.4. The van der Waals surface area contributed by atoms with Crippen LogP contribution in [0.1, 0.15) is 52.8 Å². The summed E-state index contributed by atoms with van der Waals surface area (Å²) in [6, 6.07) is 15.6. The summed E-state index contributed by atoms with van der Waals surface area (Å²) in [6.07, 6.45) is 4.02. The first-order chi connectivity index (χ1) is 15.0. The fraction of sp³-hybridized carbons (Fsp3) is 0.417. The molecule has 6 nitrogen and oxygen atoms in total. The number of rotatable bonds is 5. The molecule has 0 radical (unpaired) electrons. The van der Waals surface area contributed by atoms with Crippen LogP contribution < -0.4 is 0 Å². The van der Waals surface area contributed by atoms with Gasteiger partial charge in [-0.05, 0) is 43.9 Å². The van der Waals surface area contributed by atoms with Gasteiger partial charge in [-0.3, -0.25) is 9.59 Å². The molecule has 0 N–H and O–H groups in total. The molecular formula is C24H28N2O4S. The molecule has 1 amide bonds. The number of Topliss-reactive ketones (excluding diaryl/α,β-unsaturated/α-hetero) is 1. The predicted molar refractivity (Wildman–Crippen MR) is 118 cm³/mol. The molecule has 0 aliphatic carbocycles. The van der Waals surface area contributed by atoms with Crippen molar-refractivity contribution in [3.63, 3.8) is 0 Å². The molecule has 31 heavy (non-hydrogen) atoms. The van der Waals surface area contributed by atoms with E-state index in [2.05, 4.69) is 0 Å². The molecule has 0 aromatic heterocycles. The second-order valence-electron chi connectivity index (χ2n) is 8.29. The van der Waals surface area contributed by atoms with Crippen molar-refractivity contribution in [3.05, 3.63) is 65.7 Å². The van der Waals surface area contributed by atoms with Gasteiger partial charge in [0.05, 0.1) is 4.90 Å². The number of carbonyl (C=O) groups is 2. The fourth-order valence-corrected chi connectivity index (χ4v) is 5.97.